The third-order valence-electron chi connectivity index (χ3n) is 3.24. The van der Waals surface area contributed by atoms with Gasteiger partial charge in [0.15, 0.2) is 17.0 Å². The number of nitrogens with zero attached hydrogens (tertiary/aromatic N) is 1. The molecule has 1 aliphatic heterocycles. The van der Waals surface area contributed by atoms with Crippen molar-refractivity contribution < 1.29 is 23.5 Å². The number of anilines is 1. The summed E-state index contributed by atoms with van der Waals surface area (Å²) in [4.78, 5) is 28.0. The Kier molecular flexibility index (Phi) is 3.55. The minimum Gasteiger partial charge on any atom is -0.441 e. The van der Waals surface area contributed by atoms with Gasteiger partial charge in [0.2, 0.25) is 0 Å². The number of carbonyl (C=O) groups is 2. The van der Waals surface area contributed by atoms with E-state index in [9.17, 15) is 9.59 Å². The van der Waals surface area contributed by atoms with E-state index in [0.717, 1.165) is 5.52 Å². The minimum absolute atomic E-state index is 0.198. The van der Waals surface area contributed by atoms with Crippen molar-refractivity contribution in [3.8, 4) is 0 Å². The van der Waals surface area contributed by atoms with Crippen LogP contribution in [0.5, 0.6) is 0 Å². The normalized spacial score (nSPS) is 16.9. The molecule has 1 aliphatic rings. The molecule has 7 nitrogen and oxygen atoms in total. The maximum absolute atomic E-state index is 11.8. The number of aromatic nitrogens is 1. The summed E-state index contributed by atoms with van der Waals surface area (Å²) in [5.41, 5.74) is 1.82. The van der Waals surface area contributed by atoms with Gasteiger partial charge in [-0.05, 0) is 12.1 Å². The van der Waals surface area contributed by atoms with Crippen molar-refractivity contribution in [3.05, 3.63) is 35.9 Å². The van der Waals surface area contributed by atoms with Crippen LogP contribution in [0.15, 0.2) is 34.4 Å². The Morgan fingerprint density at radius 1 is 1.22 bits per heavy atom. The first-order valence-corrected chi connectivity index (χ1v) is 7.21. The molecule has 0 spiro atoms. The number of oxazole rings is 1. The lowest BCUT2D eigenvalue weighted by Crippen LogP contribution is -2.42. The summed E-state index contributed by atoms with van der Waals surface area (Å²) >= 11 is 0. The summed E-state index contributed by atoms with van der Waals surface area (Å²) in [5, 5.41) is 2.87. The average Bonchev–Trinajstić information content (AvgIpc) is 2.87. The number of cyclic esters (lactones) is 2. The van der Waals surface area contributed by atoms with Crippen LogP contribution >= 0.6 is 0 Å². The number of aryl methyl sites for hydroxylation is 1. The van der Waals surface area contributed by atoms with Crippen LogP contribution in [0, 0.1) is 0 Å². The van der Waals surface area contributed by atoms with E-state index in [1.807, 2.05) is 6.92 Å². The Hall–Kier alpha value is -2.83. The second-order valence-corrected chi connectivity index (χ2v) is 5.52. The molecular formula is C16H16N2O5. The van der Waals surface area contributed by atoms with Crippen LogP contribution in [-0.4, -0.2) is 22.7 Å². The van der Waals surface area contributed by atoms with Crippen LogP contribution in [0.25, 0.3) is 11.1 Å². The molecule has 1 fully saturated rings. The lowest BCUT2D eigenvalue weighted by molar-refractivity contribution is -0.222. The molecule has 0 radical (unpaired) electrons. The number of nitrogens with one attached hydrogen (secondary N) is 1. The molecule has 1 saturated heterocycles. The first kappa shape index (κ1) is 15.1. The summed E-state index contributed by atoms with van der Waals surface area (Å²) in [6.07, 6.45) is 1.97. The lowest BCUT2D eigenvalue weighted by Gasteiger charge is -2.29. The molecule has 0 aliphatic carbocycles. The molecule has 2 aromatic rings. The third-order valence-corrected chi connectivity index (χ3v) is 3.24. The Morgan fingerprint density at radius 3 is 2.57 bits per heavy atom. The van der Waals surface area contributed by atoms with Crippen LogP contribution < -0.4 is 5.32 Å². The van der Waals surface area contributed by atoms with Crippen LogP contribution in [0.1, 0.15) is 26.7 Å². The second-order valence-electron chi connectivity index (χ2n) is 5.52. The van der Waals surface area contributed by atoms with E-state index in [1.165, 1.54) is 20.0 Å². The minimum atomic E-state index is -1.25. The van der Waals surface area contributed by atoms with Crippen LogP contribution in [0.3, 0.4) is 0 Å². The lowest BCUT2D eigenvalue weighted by atomic mass is 10.2. The Balaban J connectivity index is 1.82. The largest absolute Gasteiger partial charge is 0.441 e. The first-order valence-electron chi connectivity index (χ1n) is 7.21. The van der Waals surface area contributed by atoms with Crippen molar-refractivity contribution in [2.75, 3.05) is 5.32 Å². The number of rotatable bonds is 3. The Bertz CT molecular complexity index is 797. The standard InChI is InChI=1S/C16H16N2O5/c1-4-13-18-11-6-5-9(7-12(11)21-13)17-8-10-14(19)22-16(2,3)23-15(10)20/h5-8,17H,4H2,1-3H3. The molecule has 0 unspecified atom stereocenters. The molecule has 0 amide bonds. The highest BCUT2D eigenvalue weighted by Gasteiger charge is 2.38. The fraction of sp³-hybridized carbons (Fsp3) is 0.312. The number of carbonyl (C=O) groups excluding carboxylic acids is 2. The van der Waals surface area contributed by atoms with E-state index in [-0.39, 0.29) is 5.57 Å². The number of benzene rings is 1. The van der Waals surface area contributed by atoms with E-state index < -0.39 is 17.7 Å². The number of ether oxygens (including phenoxy) is 2. The van der Waals surface area contributed by atoms with Gasteiger partial charge < -0.3 is 19.2 Å². The van der Waals surface area contributed by atoms with Gasteiger partial charge in [-0.3, -0.25) is 0 Å². The van der Waals surface area contributed by atoms with Crippen LogP contribution in [0.4, 0.5) is 5.69 Å². The predicted octanol–water partition coefficient (Wildman–Crippen LogP) is 2.52. The Morgan fingerprint density at radius 2 is 1.91 bits per heavy atom. The zero-order valence-electron chi connectivity index (χ0n) is 13.0. The van der Waals surface area contributed by atoms with Crippen molar-refractivity contribution in [1.82, 2.24) is 4.98 Å². The molecule has 120 valence electrons. The third kappa shape index (κ3) is 3.03. The average molecular weight is 316 g/mol. The van der Waals surface area contributed by atoms with Gasteiger partial charge in [-0.1, -0.05) is 6.92 Å². The van der Waals surface area contributed by atoms with Gasteiger partial charge in [0.25, 0.3) is 5.79 Å². The first-order chi connectivity index (χ1) is 10.9. The topological polar surface area (TPSA) is 90.7 Å². The number of esters is 2. The number of fused-ring (bicyclic) bond motifs is 1. The molecule has 1 aromatic heterocycles. The van der Waals surface area contributed by atoms with E-state index in [0.29, 0.717) is 23.6 Å². The highest BCUT2D eigenvalue weighted by molar-refractivity contribution is 6.15. The molecule has 2 heterocycles. The van der Waals surface area contributed by atoms with Crippen molar-refractivity contribution in [2.24, 2.45) is 0 Å². The van der Waals surface area contributed by atoms with Crippen LogP contribution in [-0.2, 0) is 25.5 Å². The van der Waals surface area contributed by atoms with E-state index in [2.05, 4.69) is 10.3 Å². The molecular weight excluding hydrogens is 300 g/mol. The van der Waals surface area contributed by atoms with Gasteiger partial charge in [-0.25, -0.2) is 14.6 Å². The summed E-state index contributed by atoms with van der Waals surface area (Å²) in [5.74, 6) is -2.06. The van der Waals surface area contributed by atoms with Crippen molar-refractivity contribution in [2.45, 2.75) is 33.0 Å². The van der Waals surface area contributed by atoms with Crippen molar-refractivity contribution >= 4 is 28.7 Å². The molecule has 3 rings (SSSR count). The maximum atomic E-state index is 11.8. The maximum Gasteiger partial charge on any atom is 0.350 e. The summed E-state index contributed by atoms with van der Waals surface area (Å²) in [7, 11) is 0. The fourth-order valence-electron chi connectivity index (χ4n) is 2.15. The van der Waals surface area contributed by atoms with Crippen LogP contribution in [0.2, 0.25) is 0 Å². The summed E-state index contributed by atoms with van der Waals surface area (Å²) in [6, 6.07) is 5.30. The van der Waals surface area contributed by atoms with Gasteiger partial charge in [0.05, 0.1) is 0 Å². The van der Waals surface area contributed by atoms with Gasteiger partial charge in [-0.15, -0.1) is 0 Å². The van der Waals surface area contributed by atoms with Gasteiger partial charge in [0.1, 0.15) is 5.52 Å². The molecule has 0 atom stereocenters. The zero-order valence-corrected chi connectivity index (χ0v) is 13.0. The molecule has 23 heavy (non-hydrogen) atoms. The van der Waals surface area contributed by atoms with Gasteiger partial charge >= 0.3 is 11.9 Å². The van der Waals surface area contributed by atoms with Gasteiger partial charge in [0, 0.05) is 38.2 Å². The highest BCUT2D eigenvalue weighted by atomic mass is 16.7. The zero-order chi connectivity index (χ0) is 16.6. The summed E-state index contributed by atoms with van der Waals surface area (Å²) in [6.45, 7) is 4.95. The summed E-state index contributed by atoms with van der Waals surface area (Å²) < 4.78 is 15.6. The number of hydrogen-bond acceptors (Lipinski definition) is 7. The quantitative estimate of drug-likeness (QED) is 0.528. The Labute approximate surface area is 132 Å². The van der Waals surface area contributed by atoms with Gasteiger partial charge in [-0.2, -0.15) is 0 Å². The molecule has 7 heteroatoms. The molecule has 1 N–H and O–H groups in total. The van der Waals surface area contributed by atoms with Crippen molar-refractivity contribution in [3.63, 3.8) is 0 Å². The molecule has 1 aromatic carbocycles. The van der Waals surface area contributed by atoms with E-state index in [1.54, 1.807) is 18.2 Å². The predicted molar refractivity (Wildman–Crippen MR) is 81.4 cm³/mol. The monoisotopic (exact) mass is 316 g/mol. The van der Waals surface area contributed by atoms with Crippen molar-refractivity contribution in [1.29, 1.82) is 0 Å². The smallest absolute Gasteiger partial charge is 0.350 e. The second kappa shape index (κ2) is 5.42. The van der Waals surface area contributed by atoms with E-state index >= 15 is 0 Å². The highest BCUT2D eigenvalue weighted by Crippen LogP contribution is 2.24. The molecule has 0 saturated carbocycles. The number of hydrogen-bond donors (Lipinski definition) is 1. The SMILES string of the molecule is CCc1nc2ccc(NC=C3C(=O)OC(C)(C)OC3=O)cc2o1. The fourth-order valence-corrected chi connectivity index (χ4v) is 2.15. The molecule has 0 bridgehead atoms. The van der Waals surface area contributed by atoms with E-state index in [4.69, 9.17) is 13.9 Å².